The predicted molar refractivity (Wildman–Crippen MR) is 34.6 cm³/mol. The number of aromatic nitrogens is 1. The molecule has 0 unspecified atom stereocenters. The van der Waals surface area contributed by atoms with Crippen molar-refractivity contribution in [3.8, 4) is 0 Å². The summed E-state index contributed by atoms with van der Waals surface area (Å²) in [6.45, 7) is 0. The van der Waals surface area contributed by atoms with Crippen molar-refractivity contribution in [3.63, 3.8) is 0 Å². The molecule has 0 bridgehead atoms. The first-order chi connectivity index (χ1) is 5.95. The van der Waals surface area contributed by atoms with Crippen molar-refractivity contribution < 1.29 is 22.4 Å². The zero-order valence-corrected chi connectivity index (χ0v) is 6.10. The van der Waals surface area contributed by atoms with Gasteiger partial charge in [0.25, 0.3) is 0 Å². The van der Waals surface area contributed by atoms with Gasteiger partial charge in [0.05, 0.1) is 0 Å². The van der Waals surface area contributed by atoms with E-state index in [4.69, 9.17) is 0 Å². The third kappa shape index (κ3) is 2.01. The molecule has 0 aliphatic heterocycles. The standard InChI is InChI=1S/C7H3F4NO/c8-6-5(7(9,10)11)1-4(3-13)2-12-6/h1-3H. The number of carbonyl (C=O) groups is 1. The van der Waals surface area contributed by atoms with E-state index in [1.54, 1.807) is 0 Å². The first kappa shape index (κ1) is 9.63. The number of aldehydes is 1. The molecule has 0 aromatic carbocycles. The van der Waals surface area contributed by atoms with Crippen LogP contribution >= 0.6 is 0 Å². The number of halogens is 4. The molecule has 0 fully saturated rings. The summed E-state index contributed by atoms with van der Waals surface area (Å²) < 4.78 is 48.4. The number of hydrogen-bond acceptors (Lipinski definition) is 2. The van der Waals surface area contributed by atoms with Crippen LogP contribution in [0.15, 0.2) is 12.3 Å². The number of rotatable bonds is 1. The van der Waals surface area contributed by atoms with E-state index in [0.29, 0.717) is 6.07 Å². The molecule has 2 nitrogen and oxygen atoms in total. The monoisotopic (exact) mass is 193 g/mol. The minimum Gasteiger partial charge on any atom is -0.298 e. The van der Waals surface area contributed by atoms with Gasteiger partial charge >= 0.3 is 6.18 Å². The summed E-state index contributed by atoms with van der Waals surface area (Å²) in [7, 11) is 0. The minimum atomic E-state index is -4.82. The highest BCUT2D eigenvalue weighted by atomic mass is 19.4. The summed E-state index contributed by atoms with van der Waals surface area (Å²) in [4.78, 5) is 12.9. The van der Waals surface area contributed by atoms with Crippen LogP contribution in [-0.4, -0.2) is 11.3 Å². The second kappa shape index (κ2) is 3.12. The average molecular weight is 193 g/mol. The van der Waals surface area contributed by atoms with Gasteiger partial charge in [0.2, 0.25) is 5.95 Å². The van der Waals surface area contributed by atoms with Crippen molar-refractivity contribution in [2.45, 2.75) is 6.18 Å². The molecule has 1 aromatic heterocycles. The largest absolute Gasteiger partial charge is 0.420 e. The van der Waals surface area contributed by atoms with Gasteiger partial charge in [-0.3, -0.25) is 4.79 Å². The summed E-state index contributed by atoms with van der Waals surface area (Å²) in [5.41, 5.74) is -1.84. The van der Waals surface area contributed by atoms with E-state index in [1.807, 2.05) is 0 Å². The van der Waals surface area contributed by atoms with Crippen molar-refractivity contribution in [2.75, 3.05) is 0 Å². The molecule has 6 heteroatoms. The van der Waals surface area contributed by atoms with Crippen LogP contribution in [0.1, 0.15) is 15.9 Å². The Morgan fingerprint density at radius 3 is 2.46 bits per heavy atom. The second-order valence-corrected chi connectivity index (χ2v) is 2.22. The Hall–Kier alpha value is -1.46. The molecule has 13 heavy (non-hydrogen) atoms. The van der Waals surface area contributed by atoms with Crippen LogP contribution < -0.4 is 0 Å². The normalized spacial score (nSPS) is 11.4. The van der Waals surface area contributed by atoms with E-state index < -0.39 is 17.7 Å². The molecule has 0 spiro atoms. The van der Waals surface area contributed by atoms with E-state index in [2.05, 4.69) is 4.98 Å². The van der Waals surface area contributed by atoms with Gasteiger partial charge in [0.1, 0.15) is 5.56 Å². The molecule has 0 aliphatic carbocycles. The van der Waals surface area contributed by atoms with Crippen molar-refractivity contribution in [2.24, 2.45) is 0 Å². The van der Waals surface area contributed by atoms with Crippen LogP contribution in [0.2, 0.25) is 0 Å². The third-order valence-electron chi connectivity index (χ3n) is 1.30. The topological polar surface area (TPSA) is 30.0 Å². The van der Waals surface area contributed by atoms with Gasteiger partial charge in [-0.15, -0.1) is 0 Å². The highest BCUT2D eigenvalue weighted by Gasteiger charge is 2.35. The summed E-state index contributed by atoms with van der Waals surface area (Å²) in [6.07, 6.45) is -3.92. The molecule has 0 saturated heterocycles. The fraction of sp³-hybridized carbons (Fsp3) is 0.143. The van der Waals surface area contributed by atoms with Gasteiger partial charge in [-0.1, -0.05) is 0 Å². The Morgan fingerprint density at radius 1 is 1.38 bits per heavy atom. The van der Waals surface area contributed by atoms with Gasteiger partial charge in [-0.25, -0.2) is 4.98 Å². The summed E-state index contributed by atoms with van der Waals surface area (Å²) in [5, 5.41) is 0. The Kier molecular flexibility index (Phi) is 2.31. The van der Waals surface area contributed by atoms with Crippen LogP contribution in [0, 0.1) is 5.95 Å². The maximum absolute atomic E-state index is 12.5. The molecule has 0 amide bonds. The molecule has 0 saturated carbocycles. The van der Waals surface area contributed by atoms with E-state index in [9.17, 15) is 22.4 Å². The molecular weight excluding hydrogens is 190 g/mol. The molecule has 1 aromatic rings. The molecule has 0 N–H and O–H groups in total. The molecular formula is C7H3F4NO. The lowest BCUT2D eigenvalue weighted by molar-refractivity contribution is -0.140. The van der Waals surface area contributed by atoms with E-state index in [0.717, 1.165) is 6.20 Å². The Balaban J connectivity index is 3.27. The zero-order chi connectivity index (χ0) is 10.1. The quantitative estimate of drug-likeness (QED) is 0.388. The lowest BCUT2D eigenvalue weighted by atomic mass is 10.2. The number of hydrogen-bond donors (Lipinski definition) is 0. The molecule has 1 heterocycles. The van der Waals surface area contributed by atoms with Crippen molar-refractivity contribution in [3.05, 3.63) is 29.3 Å². The van der Waals surface area contributed by atoms with Crippen LogP contribution in [0.3, 0.4) is 0 Å². The molecule has 0 radical (unpaired) electrons. The molecule has 0 atom stereocenters. The average Bonchev–Trinajstić information content (AvgIpc) is 2.03. The van der Waals surface area contributed by atoms with Gasteiger partial charge in [0, 0.05) is 11.8 Å². The SMILES string of the molecule is O=Cc1cnc(F)c(C(F)(F)F)c1. The summed E-state index contributed by atoms with van der Waals surface area (Å²) in [6, 6.07) is 0.412. The van der Waals surface area contributed by atoms with Gasteiger partial charge < -0.3 is 0 Å². The lowest BCUT2D eigenvalue weighted by Gasteiger charge is -2.06. The minimum absolute atomic E-state index is 0.168. The van der Waals surface area contributed by atoms with Gasteiger partial charge in [-0.2, -0.15) is 17.6 Å². The third-order valence-corrected chi connectivity index (χ3v) is 1.30. The van der Waals surface area contributed by atoms with Crippen molar-refractivity contribution in [1.29, 1.82) is 0 Å². The number of alkyl halides is 3. The summed E-state index contributed by atoms with van der Waals surface area (Å²) >= 11 is 0. The van der Waals surface area contributed by atoms with Gasteiger partial charge in [-0.05, 0) is 6.07 Å². The highest BCUT2D eigenvalue weighted by Crippen LogP contribution is 2.30. The van der Waals surface area contributed by atoms with Crippen LogP contribution in [0.5, 0.6) is 0 Å². The molecule has 70 valence electrons. The van der Waals surface area contributed by atoms with E-state index in [-0.39, 0.29) is 11.8 Å². The van der Waals surface area contributed by atoms with Crippen LogP contribution in [0.4, 0.5) is 17.6 Å². The van der Waals surface area contributed by atoms with Crippen LogP contribution in [0.25, 0.3) is 0 Å². The molecule has 0 aliphatic rings. The Morgan fingerprint density at radius 2 is 2.00 bits per heavy atom. The van der Waals surface area contributed by atoms with E-state index in [1.165, 1.54) is 0 Å². The first-order valence-corrected chi connectivity index (χ1v) is 3.13. The second-order valence-electron chi connectivity index (χ2n) is 2.22. The first-order valence-electron chi connectivity index (χ1n) is 3.13. The van der Waals surface area contributed by atoms with Crippen molar-refractivity contribution in [1.82, 2.24) is 4.98 Å². The summed E-state index contributed by atoms with van der Waals surface area (Å²) in [5.74, 6) is -1.63. The maximum Gasteiger partial charge on any atom is 0.420 e. The van der Waals surface area contributed by atoms with Crippen molar-refractivity contribution >= 4 is 6.29 Å². The number of carbonyl (C=O) groups excluding carboxylic acids is 1. The van der Waals surface area contributed by atoms with Crippen LogP contribution in [-0.2, 0) is 6.18 Å². The highest BCUT2D eigenvalue weighted by molar-refractivity contribution is 5.74. The van der Waals surface area contributed by atoms with E-state index >= 15 is 0 Å². The van der Waals surface area contributed by atoms with Gasteiger partial charge in [0.15, 0.2) is 6.29 Å². The fourth-order valence-corrected chi connectivity index (χ4v) is 0.727. The smallest absolute Gasteiger partial charge is 0.298 e. The maximum atomic E-state index is 12.5. The zero-order valence-electron chi connectivity index (χ0n) is 6.10. The molecule has 1 rings (SSSR count). The Labute approximate surface area is 70.2 Å². The number of pyridine rings is 1. The predicted octanol–water partition coefficient (Wildman–Crippen LogP) is 2.05. The Bertz CT molecular complexity index is 334. The lowest BCUT2D eigenvalue weighted by Crippen LogP contribution is -2.10. The number of nitrogens with zero attached hydrogens (tertiary/aromatic N) is 1. The fourth-order valence-electron chi connectivity index (χ4n) is 0.727.